The van der Waals surface area contributed by atoms with Crippen LogP contribution in [0.5, 0.6) is 0 Å². The van der Waals surface area contributed by atoms with Crippen molar-refractivity contribution in [2.75, 3.05) is 23.3 Å². The summed E-state index contributed by atoms with van der Waals surface area (Å²) in [4.78, 5) is 33.5. The molecule has 1 amide bonds. The van der Waals surface area contributed by atoms with Crippen LogP contribution in [-0.4, -0.2) is 47.6 Å². The lowest BCUT2D eigenvalue weighted by molar-refractivity contribution is -0.155. The molecule has 3 aromatic rings. The van der Waals surface area contributed by atoms with Gasteiger partial charge in [-0.05, 0) is 75.4 Å². The van der Waals surface area contributed by atoms with E-state index in [0.29, 0.717) is 48.0 Å². The Balaban J connectivity index is 1.35. The minimum absolute atomic E-state index is 0.00751. The predicted molar refractivity (Wildman–Crippen MR) is 162 cm³/mol. The quantitative estimate of drug-likeness (QED) is 0.252. The van der Waals surface area contributed by atoms with Crippen LogP contribution in [0.4, 0.5) is 16.1 Å². The van der Waals surface area contributed by atoms with Crippen LogP contribution < -0.4 is 15.5 Å². The fourth-order valence-corrected chi connectivity index (χ4v) is 6.20. The average molecular weight is 599 g/mol. The van der Waals surface area contributed by atoms with Crippen molar-refractivity contribution in [3.05, 3.63) is 52.8 Å². The molecule has 1 aliphatic carbocycles. The van der Waals surface area contributed by atoms with Gasteiger partial charge >= 0.3 is 5.97 Å². The highest BCUT2D eigenvalue weighted by molar-refractivity contribution is 6.31. The second-order valence-corrected chi connectivity index (χ2v) is 13.0. The Bertz CT molecular complexity index is 1420. The van der Waals surface area contributed by atoms with Crippen LogP contribution in [-0.2, 0) is 20.7 Å². The highest BCUT2D eigenvalue weighted by Crippen LogP contribution is 2.31. The number of esters is 1. The number of halogens is 2. The SMILES string of the molecule is CC(C)(C)OC(=O)C[C@@H](CN1CCc2cc(F)ccc21)NC(=O)[C@H](CC1CCCCC1)Nc1nc2ccc(Cl)cc2o1. The molecule has 0 unspecified atom stereocenters. The molecule has 226 valence electrons. The lowest BCUT2D eigenvalue weighted by atomic mass is 9.84. The summed E-state index contributed by atoms with van der Waals surface area (Å²) in [6, 6.07) is 9.08. The van der Waals surface area contributed by atoms with Crippen LogP contribution >= 0.6 is 11.6 Å². The molecule has 2 aromatic carbocycles. The maximum absolute atomic E-state index is 13.9. The van der Waals surface area contributed by atoms with Gasteiger partial charge in [-0.1, -0.05) is 43.7 Å². The minimum Gasteiger partial charge on any atom is -0.460 e. The van der Waals surface area contributed by atoms with Crippen LogP contribution in [0.25, 0.3) is 11.1 Å². The molecule has 2 aliphatic rings. The van der Waals surface area contributed by atoms with Crippen LogP contribution in [0.2, 0.25) is 5.02 Å². The van der Waals surface area contributed by atoms with Crippen LogP contribution in [0.1, 0.15) is 71.3 Å². The largest absolute Gasteiger partial charge is 0.460 e. The number of fused-ring (bicyclic) bond motifs is 2. The lowest BCUT2D eigenvalue weighted by Crippen LogP contribution is -2.50. The van der Waals surface area contributed by atoms with Gasteiger partial charge in [-0.25, -0.2) is 4.39 Å². The van der Waals surface area contributed by atoms with Gasteiger partial charge in [0.2, 0.25) is 5.91 Å². The van der Waals surface area contributed by atoms with E-state index in [1.54, 1.807) is 30.3 Å². The van der Waals surface area contributed by atoms with Gasteiger partial charge < -0.3 is 24.7 Å². The summed E-state index contributed by atoms with van der Waals surface area (Å²) in [5, 5.41) is 6.93. The average Bonchev–Trinajstić information content (AvgIpc) is 3.50. The first-order valence-electron chi connectivity index (χ1n) is 14.9. The zero-order chi connectivity index (χ0) is 29.9. The van der Waals surface area contributed by atoms with Crippen molar-refractivity contribution >= 4 is 46.3 Å². The maximum atomic E-state index is 13.9. The Morgan fingerprint density at radius 1 is 1.17 bits per heavy atom. The first-order chi connectivity index (χ1) is 20.0. The molecule has 5 rings (SSSR count). The number of nitrogens with one attached hydrogen (secondary N) is 2. The minimum atomic E-state index is -0.648. The normalized spacial score (nSPS) is 17.1. The molecular formula is C32H40ClFN4O4. The Hall–Kier alpha value is -3.33. The zero-order valence-electron chi connectivity index (χ0n) is 24.6. The summed E-state index contributed by atoms with van der Waals surface area (Å²) in [6.07, 6.45) is 6.98. The molecule has 8 nitrogen and oxygen atoms in total. The zero-order valence-corrected chi connectivity index (χ0v) is 25.3. The number of anilines is 2. The van der Waals surface area contributed by atoms with E-state index in [2.05, 4.69) is 20.5 Å². The fraction of sp³-hybridized carbons (Fsp3) is 0.531. The van der Waals surface area contributed by atoms with E-state index in [9.17, 15) is 14.0 Å². The Kier molecular flexibility index (Phi) is 9.25. The van der Waals surface area contributed by atoms with Gasteiger partial charge in [0.25, 0.3) is 6.01 Å². The maximum Gasteiger partial charge on any atom is 0.308 e. The van der Waals surface area contributed by atoms with Crippen molar-refractivity contribution in [3.63, 3.8) is 0 Å². The van der Waals surface area contributed by atoms with Gasteiger partial charge in [-0.2, -0.15) is 4.98 Å². The van der Waals surface area contributed by atoms with E-state index < -0.39 is 17.7 Å². The summed E-state index contributed by atoms with van der Waals surface area (Å²) < 4.78 is 25.3. The van der Waals surface area contributed by atoms with Gasteiger partial charge in [-0.3, -0.25) is 9.59 Å². The molecule has 42 heavy (non-hydrogen) atoms. The van der Waals surface area contributed by atoms with E-state index in [0.717, 1.165) is 36.9 Å². The Labute approximate surface area is 251 Å². The van der Waals surface area contributed by atoms with E-state index >= 15 is 0 Å². The summed E-state index contributed by atoms with van der Waals surface area (Å²) in [5.74, 6) is -0.496. The van der Waals surface area contributed by atoms with Crippen molar-refractivity contribution < 1.29 is 23.1 Å². The molecule has 1 fully saturated rings. The number of oxazole rings is 1. The van der Waals surface area contributed by atoms with Gasteiger partial charge in [0.05, 0.1) is 12.5 Å². The van der Waals surface area contributed by atoms with Crippen molar-refractivity contribution in [1.82, 2.24) is 10.3 Å². The molecule has 2 heterocycles. The Morgan fingerprint density at radius 3 is 2.71 bits per heavy atom. The number of hydrogen-bond acceptors (Lipinski definition) is 7. The third-order valence-corrected chi connectivity index (χ3v) is 8.15. The summed E-state index contributed by atoms with van der Waals surface area (Å²) in [5.41, 5.74) is 2.37. The number of hydrogen-bond donors (Lipinski definition) is 2. The topological polar surface area (TPSA) is 96.7 Å². The predicted octanol–water partition coefficient (Wildman–Crippen LogP) is 6.65. The van der Waals surface area contributed by atoms with Crippen molar-refractivity contribution in [2.45, 2.75) is 89.8 Å². The highest BCUT2D eigenvalue weighted by Gasteiger charge is 2.31. The third-order valence-electron chi connectivity index (χ3n) is 7.91. The smallest absolute Gasteiger partial charge is 0.308 e. The number of nitrogens with zero attached hydrogens (tertiary/aromatic N) is 2. The van der Waals surface area contributed by atoms with E-state index in [-0.39, 0.29) is 30.1 Å². The number of amides is 1. The molecule has 1 saturated carbocycles. The van der Waals surface area contributed by atoms with Gasteiger partial charge in [0, 0.05) is 29.9 Å². The number of benzene rings is 2. The molecule has 0 bridgehead atoms. The fourth-order valence-electron chi connectivity index (χ4n) is 6.04. The first kappa shape index (κ1) is 30.1. The molecule has 0 radical (unpaired) electrons. The van der Waals surface area contributed by atoms with Gasteiger partial charge in [-0.15, -0.1) is 0 Å². The van der Waals surface area contributed by atoms with E-state index in [1.807, 2.05) is 20.8 Å². The molecule has 1 aliphatic heterocycles. The number of rotatable bonds is 10. The molecule has 10 heteroatoms. The van der Waals surface area contributed by atoms with Crippen molar-refractivity contribution in [3.8, 4) is 0 Å². The van der Waals surface area contributed by atoms with E-state index in [4.69, 9.17) is 20.8 Å². The molecule has 0 saturated heterocycles. The summed E-state index contributed by atoms with van der Waals surface area (Å²) >= 11 is 6.13. The number of ether oxygens (including phenoxy) is 1. The molecule has 2 N–H and O–H groups in total. The second kappa shape index (κ2) is 12.9. The van der Waals surface area contributed by atoms with Crippen LogP contribution in [0.15, 0.2) is 40.8 Å². The first-order valence-corrected chi connectivity index (χ1v) is 15.3. The number of carbonyl (C=O) groups is 2. The van der Waals surface area contributed by atoms with Gasteiger partial charge in [0.15, 0.2) is 5.58 Å². The highest BCUT2D eigenvalue weighted by atomic mass is 35.5. The van der Waals surface area contributed by atoms with Crippen LogP contribution in [0, 0.1) is 11.7 Å². The van der Waals surface area contributed by atoms with Crippen molar-refractivity contribution in [1.29, 1.82) is 0 Å². The van der Waals surface area contributed by atoms with Gasteiger partial charge in [0.1, 0.15) is 23.0 Å². The molecular weight excluding hydrogens is 559 g/mol. The standard InChI is InChI=1S/C32H40ClFN4O4/c1-32(2,3)42-29(39)18-24(19-38-14-13-21-16-23(34)10-12-27(21)38)35-30(40)26(15-20-7-5-4-6-8-20)37-31-36-25-11-9-22(33)17-28(25)41-31/h9-12,16-17,20,24,26H,4-8,13-15,18-19H2,1-3H3,(H,35,40)(H,36,37)/t24-,26-/m0/s1. The number of carbonyl (C=O) groups excluding carboxylic acids is 2. The number of aromatic nitrogens is 1. The van der Waals surface area contributed by atoms with Crippen LogP contribution in [0.3, 0.4) is 0 Å². The van der Waals surface area contributed by atoms with E-state index in [1.165, 1.54) is 12.5 Å². The Morgan fingerprint density at radius 2 is 1.95 bits per heavy atom. The molecule has 0 spiro atoms. The second-order valence-electron chi connectivity index (χ2n) is 12.5. The van der Waals surface area contributed by atoms with Crippen molar-refractivity contribution in [2.24, 2.45) is 5.92 Å². The monoisotopic (exact) mass is 598 g/mol. The lowest BCUT2D eigenvalue weighted by Gasteiger charge is -2.30. The third kappa shape index (κ3) is 7.94. The molecule has 1 aromatic heterocycles. The summed E-state index contributed by atoms with van der Waals surface area (Å²) in [6.45, 7) is 6.53. The summed E-state index contributed by atoms with van der Waals surface area (Å²) in [7, 11) is 0. The molecule has 2 atom stereocenters.